The van der Waals surface area contributed by atoms with Crippen LogP contribution in [-0.4, -0.2) is 27.2 Å². The van der Waals surface area contributed by atoms with Crippen molar-refractivity contribution < 1.29 is 9.53 Å². The highest BCUT2D eigenvalue weighted by atomic mass is 16.5. The molecule has 0 saturated heterocycles. The number of nitrogens with two attached hydrogens (primary N) is 1. The molecule has 2 aromatic heterocycles. The molecule has 2 heterocycles. The van der Waals surface area contributed by atoms with E-state index in [1.807, 2.05) is 0 Å². The molecular formula is C10H12N4O3. The van der Waals surface area contributed by atoms with Crippen molar-refractivity contribution in [2.45, 2.75) is 13.8 Å². The van der Waals surface area contributed by atoms with Crippen LogP contribution in [-0.2, 0) is 4.74 Å². The smallest absolute Gasteiger partial charge is 0.345 e. The van der Waals surface area contributed by atoms with Crippen LogP contribution in [0.1, 0.15) is 23.0 Å². The molecule has 7 heteroatoms. The SMILES string of the molecule is CCOC(=O)c1c(N)nn2c(C)cc(=O)[nH]c12. The minimum Gasteiger partial charge on any atom is -0.462 e. The molecule has 0 unspecified atom stereocenters. The first-order chi connectivity index (χ1) is 8.04. The predicted octanol–water partition coefficient (Wildman–Crippen LogP) is 0.0899. The van der Waals surface area contributed by atoms with Crippen molar-refractivity contribution in [3.63, 3.8) is 0 Å². The van der Waals surface area contributed by atoms with Gasteiger partial charge in [0, 0.05) is 11.8 Å². The molecule has 0 radical (unpaired) electrons. The number of anilines is 1. The zero-order valence-corrected chi connectivity index (χ0v) is 9.48. The lowest BCUT2D eigenvalue weighted by Crippen LogP contribution is -2.12. The first-order valence-electron chi connectivity index (χ1n) is 5.10. The zero-order chi connectivity index (χ0) is 12.6. The van der Waals surface area contributed by atoms with E-state index in [2.05, 4.69) is 10.1 Å². The summed E-state index contributed by atoms with van der Waals surface area (Å²) in [6.45, 7) is 3.61. The van der Waals surface area contributed by atoms with Gasteiger partial charge in [0.25, 0.3) is 5.56 Å². The molecule has 0 atom stereocenters. The Morgan fingerprint density at radius 2 is 2.35 bits per heavy atom. The summed E-state index contributed by atoms with van der Waals surface area (Å²) in [6, 6.07) is 1.37. The molecule has 0 aliphatic rings. The minimum atomic E-state index is -0.596. The molecule has 17 heavy (non-hydrogen) atoms. The molecule has 7 nitrogen and oxygen atoms in total. The van der Waals surface area contributed by atoms with Crippen LogP contribution in [0.15, 0.2) is 10.9 Å². The first kappa shape index (κ1) is 11.2. The number of esters is 1. The van der Waals surface area contributed by atoms with Gasteiger partial charge in [0.2, 0.25) is 0 Å². The average Bonchev–Trinajstić information content (AvgIpc) is 2.55. The number of hydrogen-bond acceptors (Lipinski definition) is 5. The Morgan fingerprint density at radius 3 is 3.00 bits per heavy atom. The van der Waals surface area contributed by atoms with E-state index in [9.17, 15) is 9.59 Å². The van der Waals surface area contributed by atoms with Crippen LogP contribution < -0.4 is 11.3 Å². The van der Waals surface area contributed by atoms with Crippen molar-refractivity contribution in [2.75, 3.05) is 12.3 Å². The van der Waals surface area contributed by atoms with Crippen molar-refractivity contribution in [3.05, 3.63) is 27.7 Å². The monoisotopic (exact) mass is 236 g/mol. The topological polar surface area (TPSA) is 102 Å². The van der Waals surface area contributed by atoms with Crippen LogP contribution in [0.4, 0.5) is 5.82 Å². The van der Waals surface area contributed by atoms with E-state index in [-0.39, 0.29) is 29.2 Å². The molecule has 3 N–H and O–H groups in total. The van der Waals surface area contributed by atoms with E-state index < -0.39 is 5.97 Å². The summed E-state index contributed by atoms with van der Waals surface area (Å²) >= 11 is 0. The molecule has 0 aromatic carbocycles. The lowest BCUT2D eigenvalue weighted by Gasteiger charge is -2.00. The minimum absolute atomic E-state index is 0.0356. The van der Waals surface area contributed by atoms with E-state index in [1.54, 1.807) is 13.8 Å². The fourth-order valence-corrected chi connectivity index (χ4v) is 1.61. The normalized spacial score (nSPS) is 10.7. The second-order valence-corrected chi connectivity index (χ2v) is 3.52. The summed E-state index contributed by atoms with van der Waals surface area (Å²) in [5, 5.41) is 3.98. The quantitative estimate of drug-likeness (QED) is 0.719. The lowest BCUT2D eigenvalue weighted by atomic mass is 10.3. The van der Waals surface area contributed by atoms with Gasteiger partial charge in [0.05, 0.1) is 6.61 Å². The lowest BCUT2D eigenvalue weighted by molar-refractivity contribution is 0.0529. The number of carbonyl (C=O) groups is 1. The molecule has 0 bridgehead atoms. The molecule has 0 spiro atoms. The van der Waals surface area contributed by atoms with Gasteiger partial charge in [-0.25, -0.2) is 9.31 Å². The van der Waals surface area contributed by atoms with Crippen LogP contribution >= 0.6 is 0 Å². The van der Waals surface area contributed by atoms with Crippen molar-refractivity contribution >= 4 is 17.4 Å². The van der Waals surface area contributed by atoms with Crippen LogP contribution in [0, 0.1) is 6.92 Å². The highest BCUT2D eigenvalue weighted by Gasteiger charge is 2.20. The second kappa shape index (κ2) is 3.93. The Bertz CT molecular complexity index is 641. The van der Waals surface area contributed by atoms with E-state index in [1.165, 1.54) is 10.6 Å². The van der Waals surface area contributed by atoms with Crippen molar-refractivity contribution in [2.24, 2.45) is 0 Å². The summed E-state index contributed by atoms with van der Waals surface area (Å²) < 4.78 is 6.27. The molecule has 2 rings (SSSR count). The molecule has 90 valence electrons. The van der Waals surface area contributed by atoms with E-state index in [4.69, 9.17) is 10.5 Å². The van der Waals surface area contributed by atoms with Gasteiger partial charge in [-0.1, -0.05) is 0 Å². The Balaban J connectivity index is 2.75. The van der Waals surface area contributed by atoms with Gasteiger partial charge in [-0.2, -0.15) is 0 Å². The summed E-state index contributed by atoms with van der Waals surface area (Å²) in [4.78, 5) is 25.6. The van der Waals surface area contributed by atoms with Gasteiger partial charge < -0.3 is 15.5 Å². The van der Waals surface area contributed by atoms with Crippen LogP contribution in [0.3, 0.4) is 0 Å². The summed E-state index contributed by atoms with van der Waals surface area (Å²) in [7, 11) is 0. The number of fused-ring (bicyclic) bond motifs is 1. The molecule has 0 saturated carbocycles. The maximum absolute atomic E-state index is 11.7. The summed E-state index contributed by atoms with van der Waals surface area (Å²) in [5.74, 6) is -0.561. The van der Waals surface area contributed by atoms with Crippen LogP contribution in [0.2, 0.25) is 0 Å². The van der Waals surface area contributed by atoms with Crippen molar-refractivity contribution in [1.82, 2.24) is 14.6 Å². The maximum atomic E-state index is 11.7. The number of aromatic nitrogens is 3. The number of carbonyl (C=O) groups excluding carboxylic acids is 1. The summed E-state index contributed by atoms with van der Waals surface area (Å²) in [5.41, 5.74) is 6.26. The molecule has 2 aromatic rings. The van der Waals surface area contributed by atoms with E-state index >= 15 is 0 Å². The molecule has 0 fully saturated rings. The predicted molar refractivity (Wildman–Crippen MR) is 60.9 cm³/mol. The molecule has 0 aliphatic heterocycles. The van der Waals surface area contributed by atoms with Gasteiger partial charge in [-0.05, 0) is 13.8 Å². The number of hydrogen-bond donors (Lipinski definition) is 2. The largest absolute Gasteiger partial charge is 0.462 e. The standard InChI is InChI=1S/C10H12N4O3/c1-3-17-10(16)7-8(11)13-14-5(2)4-6(15)12-9(7)14/h4H,3H2,1-2H3,(H2,11,13)(H,12,15). The first-order valence-corrected chi connectivity index (χ1v) is 5.10. The third-order valence-electron chi connectivity index (χ3n) is 2.31. The van der Waals surface area contributed by atoms with E-state index in [0.29, 0.717) is 5.69 Å². The third-order valence-corrected chi connectivity index (χ3v) is 2.31. The second-order valence-electron chi connectivity index (χ2n) is 3.52. The Morgan fingerprint density at radius 1 is 1.65 bits per heavy atom. The van der Waals surface area contributed by atoms with Crippen molar-refractivity contribution in [3.8, 4) is 0 Å². The number of H-pyrrole nitrogens is 1. The van der Waals surface area contributed by atoms with Gasteiger partial charge in [-0.15, -0.1) is 5.10 Å². The average molecular weight is 236 g/mol. The van der Waals surface area contributed by atoms with Crippen LogP contribution in [0.5, 0.6) is 0 Å². The van der Waals surface area contributed by atoms with Crippen molar-refractivity contribution in [1.29, 1.82) is 0 Å². The number of aryl methyl sites for hydroxylation is 1. The zero-order valence-electron chi connectivity index (χ0n) is 9.48. The van der Waals surface area contributed by atoms with Crippen LogP contribution in [0.25, 0.3) is 5.65 Å². The highest BCUT2D eigenvalue weighted by molar-refractivity contribution is 6.00. The molecule has 0 amide bonds. The third kappa shape index (κ3) is 1.75. The van der Waals surface area contributed by atoms with Gasteiger partial charge in [-0.3, -0.25) is 4.79 Å². The maximum Gasteiger partial charge on any atom is 0.345 e. The number of rotatable bonds is 2. The highest BCUT2D eigenvalue weighted by Crippen LogP contribution is 2.17. The van der Waals surface area contributed by atoms with Gasteiger partial charge in [0.1, 0.15) is 5.56 Å². The number of nitrogens with one attached hydrogen (secondary N) is 1. The fraction of sp³-hybridized carbons (Fsp3) is 0.300. The molecule has 0 aliphatic carbocycles. The van der Waals surface area contributed by atoms with Gasteiger partial charge >= 0.3 is 5.97 Å². The Kier molecular flexibility index (Phi) is 2.58. The number of nitrogen functional groups attached to an aromatic ring is 1. The number of ether oxygens (including phenoxy) is 1. The van der Waals surface area contributed by atoms with Gasteiger partial charge in [0.15, 0.2) is 11.5 Å². The number of nitrogens with zero attached hydrogens (tertiary/aromatic N) is 2. The Labute approximate surface area is 96.2 Å². The summed E-state index contributed by atoms with van der Waals surface area (Å²) in [6.07, 6.45) is 0. The molecular weight excluding hydrogens is 224 g/mol. The Hall–Kier alpha value is -2.31. The fourth-order valence-electron chi connectivity index (χ4n) is 1.61. The number of aromatic amines is 1. The van der Waals surface area contributed by atoms with E-state index in [0.717, 1.165) is 0 Å².